The average Bonchev–Trinajstić information content (AvgIpc) is 2.56. The topological polar surface area (TPSA) is 47.6 Å². The highest BCUT2D eigenvalue weighted by atomic mass is 16.5. The molecule has 1 atom stereocenters. The molecule has 2 aromatic rings. The summed E-state index contributed by atoms with van der Waals surface area (Å²) in [4.78, 5) is 12.2. The van der Waals surface area contributed by atoms with Crippen molar-refractivity contribution in [3.8, 4) is 5.75 Å². The molecule has 0 fully saturated rings. The number of carbonyl (C=O) groups is 1. The largest absolute Gasteiger partial charge is 0.480 e. The Bertz CT molecular complexity index is 607. The van der Waals surface area contributed by atoms with Crippen LogP contribution in [0.25, 0.3) is 10.8 Å². The number of ether oxygens (including phenoxy) is 2. The van der Waals surface area contributed by atoms with Crippen molar-refractivity contribution in [2.45, 2.75) is 25.9 Å². The molecule has 118 valence electrons. The molecule has 4 heteroatoms. The number of fused-ring (bicyclic) bond motifs is 1. The van der Waals surface area contributed by atoms with Crippen LogP contribution in [0.5, 0.6) is 5.75 Å². The van der Waals surface area contributed by atoms with Crippen molar-refractivity contribution in [2.24, 2.45) is 0 Å². The lowest BCUT2D eigenvalue weighted by Crippen LogP contribution is -2.38. The Morgan fingerprint density at radius 3 is 2.73 bits per heavy atom. The fourth-order valence-corrected chi connectivity index (χ4v) is 2.32. The number of nitrogens with one attached hydrogen (secondary N) is 1. The summed E-state index contributed by atoms with van der Waals surface area (Å²) in [5, 5.41) is 5.02. The molecule has 0 bridgehead atoms. The van der Waals surface area contributed by atoms with Crippen molar-refractivity contribution in [1.82, 2.24) is 5.32 Å². The third-order valence-electron chi connectivity index (χ3n) is 3.51. The van der Waals surface area contributed by atoms with Gasteiger partial charge in [-0.3, -0.25) is 4.79 Å². The fraction of sp³-hybridized carbons (Fsp3) is 0.389. The zero-order valence-electron chi connectivity index (χ0n) is 13.2. The first-order valence-electron chi connectivity index (χ1n) is 7.67. The lowest BCUT2D eigenvalue weighted by atomic mass is 10.1. The van der Waals surface area contributed by atoms with Crippen molar-refractivity contribution in [1.29, 1.82) is 0 Å². The van der Waals surface area contributed by atoms with E-state index in [9.17, 15) is 4.79 Å². The van der Waals surface area contributed by atoms with Gasteiger partial charge in [-0.05, 0) is 24.3 Å². The molecule has 0 aliphatic carbocycles. The first-order chi connectivity index (χ1) is 10.8. The van der Waals surface area contributed by atoms with E-state index in [1.165, 1.54) is 0 Å². The number of amides is 1. The predicted molar refractivity (Wildman–Crippen MR) is 88.2 cm³/mol. The highest BCUT2D eigenvalue weighted by molar-refractivity contribution is 5.89. The van der Waals surface area contributed by atoms with Crippen LogP contribution in [-0.4, -0.2) is 32.3 Å². The first-order valence-corrected chi connectivity index (χ1v) is 7.67. The third-order valence-corrected chi connectivity index (χ3v) is 3.51. The Labute approximate surface area is 131 Å². The smallest absolute Gasteiger partial charge is 0.261 e. The van der Waals surface area contributed by atoms with Gasteiger partial charge in [0.2, 0.25) is 0 Å². The van der Waals surface area contributed by atoms with Crippen LogP contribution >= 0.6 is 0 Å². The van der Waals surface area contributed by atoms with Gasteiger partial charge < -0.3 is 14.8 Å². The quantitative estimate of drug-likeness (QED) is 0.762. The lowest BCUT2D eigenvalue weighted by Gasteiger charge is -2.18. The molecule has 0 aliphatic heterocycles. The van der Waals surface area contributed by atoms with E-state index >= 15 is 0 Å². The molecule has 0 aliphatic rings. The van der Waals surface area contributed by atoms with E-state index in [4.69, 9.17) is 9.47 Å². The van der Waals surface area contributed by atoms with Gasteiger partial charge in [0, 0.05) is 25.6 Å². The summed E-state index contributed by atoms with van der Waals surface area (Å²) in [6, 6.07) is 13.9. The van der Waals surface area contributed by atoms with Crippen LogP contribution in [0.15, 0.2) is 42.5 Å². The lowest BCUT2D eigenvalue weighted by molar-refractivity contribution is -0.128. The van der Waals surface area contributed by atoms with Crippen LogP contribution in [-0.2, 0) is 9.53 Å². The van der Waals surface area contributed by atoms with Crippen molar-refractivity contribution in [3.05, 3.63) is 42.5 Å². The molecular weight excluding hydrogens is 278 g/mol. The van der Waals surface area contributed by atoms with Crippen LogP contribution in [0.4, 0.5) is 0 Å². The van der Waals surface area contributed by atoms with Gasteiger partial charge in [-0.2, -0.15) is 0 Å². The number of methoxy groups -OCH3 is 1. The standard InChI is InChI=1S/C18H23NO3/c1-3-16(18(20)19-12-7-13-21-2)22-17-11-6-9-14-8-4-5-10-15(14)17/h4-6,8-11,16H,3,7,12-13H2,1-2H3,(H,19,20)/t16-/m0/s1. The summed E-state index contributed by atoms with van der Waals surface area (Å²) in [7, 11) is 1.65. The summed E-state index contributed by atoms with van der Waals surface area (Å²) in [6.07, 6.45) is 0.945. The minimum Gasteiger partial charge on any atom is -0.480 e. The number of carbonyl (C=O) groups excluding carboxylic acids is 1. The van der Waals surface area contributed by atoms with Gasteiger partial charge in [0.15, 0.2) is 6.10 Å². The summed E-state index contributed by atoms with van der Waals surface area (Å²) in [6.45, 7) is 3.19. The van der Waals surface area contributed by atoms with E-state index in [-0.39, 0.29) is 5.91 Å². The number of hydrogen-bond donors (Lipinski definition) is 1. The second kappa shape index (κ2) is 8.39. The molecule has 0 spiro atoms. The normalized spacial score (nSPS) is 12.1. The molecule has 1 N–H and O–H groups in total. The summed E-state index contributed by atoms with van der Waals surface area (Å²) in [5.74, 6) is 0.670. The SMILES string of the molecule is CC[C@H](Oc1cccc2ccccc12)C(=O)NCCCOC. The van der Waals surface area contributed by atoms with Crippen molar-refractivity contribution >= 4 is 16.7 Å². The van der Waals surface area contributed by atoms with E-state index in [0.29, 0.717) is 19.6 Å². The van der Waals surface area contributed by atoms with Gasteiger partial charge in [-0.25, -0.2) is 0 Å². The summed E-state index contributed by atoms with van der Waals surface area (Å²) >= 11 is 0. The van der Waals surface area contributed by atoms with Crippen molar-refractivity contribution in [3.63, 3.8) is 0 Å². The molecule has 2 rings (SSSR count). The monoisotopic (exact) mass is 301 g/mol. The zero-order valence-corrected chi connectivity index (χ0v) is 13.2. The van der Waals surface area contributed by atoms with E-state index in [2.05, 4.69) is 5.32 Å². The minimum absolute atomic E-state index is 0.0773. The molecule has 2 aromatic carbocycles. The number of hydrogen-bond acceptors (Lipinski definition) is 3. The zero-order chi connectivity index (χ0) is 15.8. The Hall–Kier alpha value is -2.07. The molecular formula is C18H23NO3. The van der Waals surface area contributed by atoms with Gasteiger partial charge in [0.05, 0.1) is 0 Å². The predicted octanol–water partition coefficient (Wildman–Crippen LogP) is 3.15. The van der Waals surface area contributed by atoms with Gasteiger partial charge >= 0.3 is 0 Å². The van der Waals surface area contributed by atoms with E-state index in [1.54, 1.807) is 7.11 Å². The first kappa shape index (κ1) is 16.3. The van der Waals surface area contributed by atoms with Gasteiger partial charge in [0.1, 0.15) is 5.75 Å². The second-order valence-electron chi connectivity index (χ2n) is 5.13. The molecule has 0 saturated carbocycles. The third kappa shape index (κ3) is 4.21. The van der Waals surface area contributed by atoms with Crippen molar-refractivity contribution < 1.29 is 14.3 Å². The number of benzene rings is 2. The molecule has 0 radical (unpaired) electrons. The van der Waals surface area contributed by atoms with Gasteiger partial charge in [-0.1, -0.05) is 43.3 Å². The minimum atomic E-state index is -0.478. The molecule has 4 nitrogen and oxygen atoms in total. The van der Waals surface area contributed by atoms with E-state index in [0.717, 1.165) is 22.9 Å². The van der Waals surface area contributed by atoms with E-state index < -0.39 is 6.10 Å². The maximum Gasteiger partial charge on any atom is 0.261 e. The Kier molecular flexibility index (Phi) is 6.22. The second-order valence-corrected chi connectivity index (χ2v) is 5.13. The van der Waals surface area contributed by atoms with Gasteiger partial charge in [-0.15, -0.1) is 0 Å². The van der Waals surface area contributed by atoms with Gasteiger partial charge in [0.25, 0.3) is 5.91 Å². The summed E-state index contributed by atoms with van der Waals surface area (Å²) in [5.41, 5.74) is 0. The average molecular weight is 301 g/mol. The maximum atomic E-state index is 12.2. The van der Waals surface area contributed by atoms with Crippen LogP contribution in [0.2, 0.25) is 0 Å². The molecule has 1 amide bonds. The van der Waals surface area contributed by atoms with E-state index in [1.807, 2.05) is 49.4 Å². The van der Waals surface area contributed by atoms with Crippen LogP contribution < -0.4 is 10.1 Å². The Balaban J connectivity index is 2.04. The Morgan fingerprint density at radius 1 is 1.18 bits per heavy atom. The van der Waals surface area contributed by atoms with Crippen LogP contribution in [0.3, 0.4) is 0 Å². The highest BCUT2D eigenvalue weighted by Gasteiger charge is 2.18. The maximum absolute atomic E-state index is 12.2. The molecule has 0 saturated heterocycles. The molecule has 22 heavy (non-hydrogen) atoms. The molecule has 0 heterocycles. The van der Waals surface area contributed by atoms with Crippen LogP contribution in [0.1, 0.15) is 19.8 Å². The highest BCUT2D eigenvalue weighted by Crippen LogP contribution is 2.26. The molecule has 0 unspecified atom stereocenters. The molecule has 0 aromatic heterocycles. The van der Waals surface area contributed by atoms with Crippen molar-refractivity contribution in [2.75, 3.05) is 20.3 Å². The summed E-state index contributed by atoms with van der Waals surface area (Å²) < 4.78 is 10.9. The van der Waals surface area contributed by atoms with Crippen LogP contribution in [0, 0.1) is 0 Å². The Morgan fingerprint density at radius 2 is 1.95 bits per heavy atom. The number of rotatable bonds is 8. The fourth-order valence-electron chi connectivity index (χ4n) is 2.32.